The molecule has 0 aromatic rings. The van der Waals surface area contributed by atoms with E-state index in [-0.39, 0.29) is 6.04 Å². The van der Waals surface area contributed by atoms with Crippen LogP contribution in [-0.4, -0.2) is 22.5 Å². The highest BCUT2D eigenvalue weighted by atomic mass is 32.1. The Kier molecular flexibility index (Phi) is 4.32. The van der Waals surface area contributed by atoms with Crippen LogP contribution in [-0.2, 0) is 0 Å². The van der Waals surface area contributed by atoms with Crippen LogP contribution in [0.5, 0.6) is 0 Å². The van der Waals surface area contributed by atoms with Gasteiger partial charge in [-0.2, -0.15) is 0 Å². The van der Waals surface area contributed by atoms with Gasteiger partial charge in [-0.15, -0.1) is 0 Å². The Morgan fingerprint density at radius 1 is 1.54 bits per heavy atom. The van der Waals surface area contributed by atoms with Gasteiger partial charge in [-0.05, 0) is 19.3 Å². The first-order valence-electron chi connectivity index (χ1n) is 4.54. The van der Waals surface area contributed by atoms with Gasteiger partial charge < -0.3 is 10.4 Å². The van der Waals surface area contributed by atoms with Crippen LogP contribution in [0.25, 0.3) is 0 Å². The minimum absolute atomic E-state index is 0.273. The summed E-state index contributed by atoms with van der Waals surface area (Å²) in [4.78, 5) is 10.7. The number of aliphatic hydroxyl groups excluding tert-OH is 1. The standard InChI is InChI=1S/C9H15NO2S/c11-8-6-4-2-1-3-5-7(8)10-9(12)13/h3,5,7-8,11H,1-2,4,6H2,(H2,10,12,13)/b5-3+. The van der Waals surface area contributed by atoms with Crippen LogP contribution in [0, 0.1) is 0 Å². The third-order valence-electron chi connectivity index (χ3n) is 2.17. The monoisotopic (exact) mass is 201 g/mol. The lowest BCUT2D eigenvalue weighted by Crippen LogP contribution is -2.40. The molecule has 2 N–H and O–H groups in total. The molecule has 1 aliphatic carbocycles. The quantitative estimate of drug-likeness (QED) is 0.444. The number of rotatable bonds is 1. The van der Waals surface area contributed by atoms with Gasteiger partial charge in [0.15, 0.2) is 0 Å². The summed E-state index contributed by atoms with van der Waals surface area (Å²) in [6.45, 7) is 0. The van der Waals surface area contributed by atoms with E-state index in [0.29, 0.717) is 0 Å². The summed E-state index contributed by atoms with van der Waals surface area (Å²) in [5, 5.41) is 11.8. The van der Waals surface area contributed by atoms with Crippen molar-refractivity contribution in [3.63, 3.8) is 0 Å². The first kappa shape index (κ1) is 10.6. The lowest BCUT2D eigenvalue weighted by atomic mass is 10.00. The first-order chi connectivity index (χ1) is 6.20. The molecule has 0 spiro atoms. The Morgan fingerprint density at radius 2 is 2.31 bits per heavy atom. The maximum atomic E-state index is 10.7. The van der Waals surface area contributed by atoms with Gasteiger partial charge in [0, 0.05) is 0 Å². The zero-order valence-electron chi connectivity index (χ0n) is 7.44. The van der Waals surface area contributed by atoms with Gasteiger partial charge >= 0.3 is 0 Å². The number of carbonyl (C=O) groups is 1. The van der Waals surface area contributed by atoms with E-state index in [9.17, 15) is 9.90 Å². The summed E-state index contributed by atoms with van der Waals surface area (Å²) in [7, 11) is 0. The largest absolute Gasteiger partial charge is 0.391 e. The number of nitrogens with one attached hydrogen (secondary N) is 1. The van der Waals surface area contributed by atoms with Gasteiger partial charge in [0.05, 0.1) is 12.1 Å². The van der Waals surface area contributed by atoms with E-state index in [4.69, 9.17) is 0 Å². The Hall–Kier alpha value is -0.480. The van der Waals surface area contributed by atoms with Gasteiger partial charge in [-0.1, -0.05) is 31.2 Å². The molecule has 0 heterocycles. The van der Waals surface area contributed by atoms with E-state index in [1.807, 2.05) is 12.2 Å². The molecule has 2 unspecified atom stereocenters. The predicted octanol–water partition coefficient (Wildman–Crippen LogP) is 1.49. The van der Waals surface area contributed by atoms with Gasteiger partial charge in [0.1, 0.15) is 0 Å². The molecule has 0 fully saturated rings. The topological polar surface area (TPSA) is 49.3 Å². The molecule has 74 valence electrons. The fraction of sp³-hybridized carbons (Fsp3) is 0.667. The second-order valence-corrected chi connectivity index (χ2v) is 3.66. The SMILES string of the molecule is O=C(S)NC1/C=C/CCCCC1O. The predicted molar refractivity (Wildman–Crippen MR) is 54.9 cm³/mol. The highest BCUT2D eigenvalue weighted by Crippen LogP contribution is 2.12. The number of allylic oxidation sites excluding steroid dienone is 1. The highest BCUT2D eigenvalue weighted by molar-refractivity contribution is 7.96. The molecular weight excluding hydrogens is 186 g/mol. The number of aliphatic hydroxyl groups is 1. The molecule has 0 radical (unpaired) electrons. The molecule has 0 saturated carbocycles. The maximum Gasteiger partial charge on any atom is 0.276 e. The molecule has 0 aromatic heterocycles. The third-order valence-corrected chi connectivity index (χ3v) is 2.30. The lowest BCUT2D eigenvalue weighted by Gasteiger charge is -2.21. The Morgan fingerprint density at radius 3 is 3.00 bits per heavy atom. The number of carbonyl (C=O) groups excluding carboxylic acids is 1. The molecule has 1 rings (SSSR count). The van der Waals surface area contributed by atoms with Crippen LogP contribution >= 0.6 is 12.6 Å². The first-order valence-corrected chi connectivity index (χ1v) is 4.99. The van der Waals surface area contributed by atoms with Crippen molar-refractivity contribution in [1.82, 2.24) is 5.32 Å². The summed E-state index contributed by atoms with van der Waals surface area (Å²) in [5.74, 6) is 0. The molecule has 2 atom stereocenters. The molecule has 0 aromatic carbocycles. The zero-order valence-corrected chi connectivity index (χ0v) is 8.33. The number of hydrogen-bond donors (Lipinski definition) is 3. The number of thiol groups is 1. The molecule has 0 bridgehead atoms. The fourth-order valence-electron chi connectivity index (χ4n) is 1.45. The minimum Gasteiger partial charge on any atom is -0.391 e. The smallest absolute Gasteiger partial charge is 0.276 e. The Labute approximate surface area is 83.6 Å². The van der Waals surface area contributed by atoms with Crippen molar-refractivity contribution >= 4 is 17.9 Å². The molecule has 13 heavy (non-hydrogen) atoms. The fourth-order valence-corrected chi connectivity index (χ4v) is 1.60. The molecule has 1 amide bonds. The van der Waals surface area contributed by atoms with E-state index in [2.05, 4.69) is 17.9 Å². The van der Waals surface area contributed by atoms with E-state index < -0.39 is 11.3 Å². The van der Waals surface area contributed by atoms with E-state index in [1.165, 1.54) is 0 Å². The van der Waals surface area contributed by atoms with E-state index >= 15 is 0 Å². The van der Waals surface area contributed by atoms with Crippen LogP contribution in [0.3, 0.4) is 0 Å². The van der Waals surface area contributed by atoms with Crippen molar-refractivity contribution < 1.29 is 9.90 Å². The summed E-state index contributed by atoms with van der Waals surface area (Å²) in [6, 6.07) is -0.273. The summed E-state index contributed by atoms with van der Waals surface area (Å²) in [6.07, 6.45) is 7.23. The van der Waals surface area contributed by atoms with Crippen molar-refractivity contribution in [1.29, 1.82) is 0 Å². The van der Waals surface area contributed by atoms with Crippen LogP contribution in [0.4, 0.5) is 4.79 Å². The second kappa shape index (κ2) is 5.29. The average Bonchev–Trinajstić information content (AvgIpc) is 2.04. The Balaban J connectivity index is 2.54. The van der Waals surface area contributed by atoms with Gasteiger partial charge in [0.2, 0.25) is 0 Å². The van der Waals surface area contributed by atoms with Crippen molar-refractivity contribution in [3.8, 4) is 0 Å². The summed E-state index contributed by atoms with van der Waals surface area (Å²) >= 11 is 3.62. The molecule has 0 saturated heterocycles. The normalized spacial score (nSPS) is 31.5. The van der Waals surface area contributed by atoms with E-state index in [0.717, 1.165) is 25.7 Å². The third kappa shape index (κ3) is 3.83. The maximum absolute atomic E-state index is 10.7. The lowest BCUT2D eigenvalue weighted by molar-refractivity contribution is 0.135. The van der Waals surface area contributed by atoms with Crippen molar-refractivity contribution in [2.75, 3.05) is 0 Å². The van der Waals surface area contributed by atoms with Gasteiger partial charge in [-0.25, -0.2) is 0 Å². The number of amides is 1. The molecule has 0 aliphatic heterocycles. The second-order valence-electron chi connectivity index (χ2n) is 3.26. The van der Waals surface area contributed by atoms with Gasteiger partial charge in [-0.3, -0.25) is 4.79 Å². The molecular formula is C9H15NO2S. The van der Waals surface area contributed by atoms with Crippen LogP contribution < -0.4 is 5.32 Å². The Bertz CT molecular complexity index is 206. The van der Waals surface area contributed by atoms with Crippen molar-refractivity contribution in [3.05, 3.63) is 12.2 Å². The molecule has 4 heteroatoms. The summed E-state index contributed by atoms with van der Waals surface area (Å²) in [5.41, 5.74) is 0. The minimum atomic E-state index is -0.479. The molecule has 1 aliphatic rings. The molecule has 3 nitrogen and oxygen atoms in total. The van der Waals surface area contributed by atoms with Crippen molar-refractivity contribution in [2.24, 2.45) is 0 Å². The average molecular weight is 201 g/mol. The van der Waals surface area contributed by atoms with Crippen LogP contribution in [0.15, 0.2) is 12.2 Å². The van der Waals surface area contributed by atoms with Crippen molar-refractivity contribution in [2.45, 2.75) is 37.8 Å². The van der Waals surface area contributed by atoms with Crippen LogP contribution in [0.2, 0.25) is 0 Å². The van der Waals surface area contributed by atoms with Crippen LogP contribution in [0.1, 0.15) is 25.7 Å². The highest BCUT2D eigenvalue weighted by Gasteiger charge is 2.17. The zero-order chi connectivity index (χ0) is 9.68. The summed E-state index contributed by atoms with van der Waals surface area (Å²) < 4.78 is 0. The van der Waals surface area contributed by atoms with Gasteiger partial charge in [0.25, 0.3) is 5.24 Å². The number of hydrogen-bond acceptors (Lipinski definition) is 2. The van der Waals surface area contributed by atoms with E-state index in [1.54, 1.807) is 0 Å².